The maximum Gasteiger partial charge on any atom is 0.0656 e. The number of hydroxylamine groups is 4. The quantitative estimate of drug-likeness (QED) is 0.781. The van der Waals surface area contributed by atoms with E-state index < -0.39 is 0 Å². The smallest absolute Gasteiger partial charge is 0.0656 e. The molecule has 0 radical (unpaired) electrons. The number of hydrogen-bond donors (Lipinski definition) is 0. The maximum absolute atomic E-state index is 5.32. The predicted molar refractivity (Wildman–Crippen MR) is 82.9 cm³/mol. The zero-order valence-corrected chi connectivity index (χ0v) is 11.5. The van der Waals surface area contributed by atoms with Gasteiger partial charge in [0.1, 0.15) is 0 Å². The van der Waals surface area contributed by atoms with Crippen molar-refractivity contribution >= 4 is 0 Å². The van der Waals surface area contributed by atoms with Crippen LogP contribution in [0.2, 0.25) is 0 Å². The fourth-order valence-corrected chi connectivity index (χ4v) is 2.18. The van der Waals surface area contributed by atoms with Gasteiger partial charge in [0.25, 0.3) is 0 Å². The van der Waals surface area contributed by atoms with Gasteiger partial charge in [-0.15, -0.1) is 0 Å². The van der Waals surface area contributed by atoms with Crippen molar-refractivity contribution in [2.75, 3.05) is 39.4 Å². The molecule has 2 saturated heterocycles. The van der Waals surface area contributed by atoms with Crippen molar-refractivity contribution in [1.29, 1.82) is 0 Å². The van der Waals surface area contributed by atoms with Gasteiger partial charge in [-0.2, -0.15) is 10.1 Å². The molecule has 0 N–H and O–H groups in total. The van der Waals surface area contributed by atoms with Crippen LogP contribution in [0.4, 0.5) is 0 Å². The Balaban J connectivity index is 0. The van der Waals surface area contributed by atoms with E-state index in [1.807, 2.05) is 18.9 Å². The molecule has 4 heteroatoms. The summed E-state index contributed by atoms with van der Waals surface area (Å²) in [7, 11) is 0. The first-order chi connectivity index (χ1) is 8.36. The highest BCUT2D eigenvalue weighted by atomic mass is 16.7. The minimum Gasteiger partial charge on any atom is -0.299 e. The number of nitrogens with zero attached hydrogens (tertiary/aromatic N) is 2. The number of hydrogen-bond acceptors (Lipinski definition) is 4. The van der Waals surface area contributed by atoms with Crippen molar-refractivity contribution in [3.63, 3.8) is 0 Å². The van der Waals surface area contributed by atoms with Gasteiger partial charge in [-0.1, -0.05) is 21.3 Å². The van der Waals surface area contributed by atoms with Crippen LogP contribution in [0.25, 0.3) is 0 Å². The summed E-state index contributed by atoms with van der Waals surface area (Å²) < 4.78 is 0. The maximum atomic E-state index is 5.32. The molecule has 0 aromatic rings. The van der Waals surface area contributed by atoms with E-state index in [2.05, 4.69) is 5.06 Å². The Hall–Kier alpha value is -0.160. The number of rotatable bonds is 4. The zero-order valence-electron chi connectivity index (χ0n) is 11.5. The van der Waals surface area contributed by atoms with Gasteiger partial charge in [-0.05, 0) is 39.5 Å². The molecule has 0 aromatic carbocycles. The van der Waals surface area contributed by atoms with Crippen LogP contribution in [0.3, 0.4) is 0 Å². The van der Waals surface area contributed by atoms with Crippen LogP contribution < -0.4 is 0 Å². The zero-order chi connectivity index (χ0) is 12.3. The minimum absolute atomic E-state index is 0. The highest BCUT2D eigenvalue weighted by Crippen LogP contribution is 2.08. The van der Waals surface area contributed by atoms with E-state index in [-0.39, 0.29) is 14.9 Å². The third-order valence-corrected chi connectivity index (χ3v) is 3.00. The lowest BCUT2D eigenvalue weighted by atomic mass is 10.2. The van der Waals surface area contributed by atoms with Gasteiger partial charge >= 0.3 is 0 Å². The molecule has 0 aromatic heterocycles. The summed E-state index contributed by atoms with van der Waals surface area (Å²) in [6.45, 7) is 10.2. The van der Waals surface area contributed by atoms with Crippen LogP contribution in [0, 0.1) is 0 Å². The molecular weight excluding hydrogens is 240 g/mol. The fraction of sp³-hybridized carbons (Fsp3) is 1.00. The lowest BCUT2D eigenvalue weighted by Gasteiger charge is -2.24. The summed E-state index contributed by atoms with van der Waals surface area (Å²) in [5, 5.41) is 4.11. The molecule has 2 aliphatic heterocycles. The molecule has 0 atom stereocenters. The first-order valence-electron chi connectivity index (χ1n) is 7.12. The van der Waals surface area contributed by atoms with Crippen LogP contribution in [-0.2, 0) is 9.68 Å². The molecule has 118 valence electrons. The first kappa shape index (κ1) is 21.1. The molecule has 2 rings (SSSR count). The van der Waals surface area contributed by atoms with Gasteiger partial charge in [-0.25, -0.2) is 0 Å². The molecular formula is C15H36N2O2. The minimum atomic E-state index is 0. The van der Waals surface area contributed by atoms with Crippen molar-refractivity contribution in [3.05, 3.63) is 0 Å². The third-order valence-electron chi connectivity index (χ3n) is 3.00. The Labute approximate surface area is 121 Å². The lowest BCUT2D eigenvalue weighted by Crippen LogP contribution is -2.29. The lowest BCUT2D eigenvalue weighted by molar-refractivity contribution is -0.163. The second-order valence-corrected chi connectivity index (χ2v) is 4.46. The largest absolute Gasteiger partial charge is 0.299 e. The van der Waals surface area contributed by atoms with Crippen LogP contribution in [0.15, 0.2) is 0 Å². The third kappa shape index (κ3) is 10.3. The molecule has 0 aliphatic carbocycles. The Bertz CT molecular complexity index is 165. The SMILES string of the molecule is C.C.CCON1CCCC1.CCON1CCCCC1. The Morgan fingerprint density at radius 2 is 0.947 bits per heavy atom. The van der Waals surface area contributed by atoms with E-state index in [0.29, 0.717) is 0 Å². The van der Waals surface area contributed by atoms with E-state index in [0.717, 1.165) is 39.4 Å². The topological polar surface area (TPSA) is 24.9 Å². The van der Waals surface area contributed by atoms with Gasteiger partial charge in [0.15, 0.2) is 0 Å². The van der Waals surface area contributed by atoms with Gasteiger partial charge in [-0.3, -0.25) is 9.68 Å². The highest BCUT2D eigenvalue weighted by molar-refractivity contribution is 4.56. The van der Waals surface area contributed by atoms with Crippen molar-refractivity contribution in [2.45, 2.75) is 60.8 Å². The fourth-order valence-electron chi connectivity index (χ4n) is 2.18. The molecule has 2 heterocycles. The van der Waals surface area contributed by atoms with E-state index >= 15 is 0 Å². The van der Waals surface area contributed by atoms with Crippen molar-refractivity contribution in [2.24, 2.45) is 0 Å². The molecule has 0 amide bonds. The van der Waals surface area contributed by atoms with Crippen LogP contribution in [0.1, 0.15) is 60.8 Å². The summed E-state index contributed by atoms with van der Waals surface area (Å²) in [5.74, 6) is 0. The Morgan fingerprint density at radius 1 is 0.632 bits per heavy atom. The normalized spacial score (nSPS) is 19.9. The molecule has 19 heavy (non-hydrogen) atoms. The predicted octanol–water partition coefficient (Wildman–Crippen LogP) is 3.73. The van der Waals surface area contributed by atoms with E-state index in [9.17, 15) is 0 Å². The van der Waals surface area contributed by atoms with Crippen LogP contribution in [-0.4, -0.2) is 49.5 Å². The van der Waals surface area contributed by atoms with Gasteiger partial charge < -0.3 is 0 Å². The molecule has 4 nitrogen and oxygen atoms in total. The average Bonchev–Trinajstić information content (AvgIpc) is 2.85. The van der Waals surface area contributed by atoms with Gasteiger partial charge in [0.05, 0.1) is 13.2 Å². The van der Waals surface area contributed by atoms with Crippen LogP contribution in [0.5, 0.6) is 0 Å². The monoisotopic (exact) mass is 276 g/mol. The first-order valence-corrected chi connectivity index (χ1v) is 7.12. The summed E-state index contributed by atoms with van der Waals surface area (Å²) >= 11 is 0. The van der Waals surface area contributed by atoms with Crippen molar-refractivity contribution in [1.82, 2.24) is 10.1 Å². The molecule has 0 spiro atoms. The Morgan fingerprint density at radius 3 is 1.26 bits per heavy atom. The van der Waals surface area contributed by atoms with E-state index in [1.165, 1.54) is 32.1 Å². The van der Waals surface area contributed by atoms with E-state index in [1.54, 1.807) is 0 Å². The second kappa shape index (κ2) is 14.3. The van der Waals surface area contributed by atoms with Crippen LogP contribution >= 0.6 is 0 Å². The Kier molecular flexibility index (Phi) is 15.9. The van der Waals surface area contributed by atoms with E-state index in [4.69, 9.17) is 9.68 Å². The standard InChI is InChI=1S/C7H15NO.C6H13NO.2CH4/c1-2-9-8-6-4-3-5-7-8;1-2-8-7-5-3-4-6-7;;/h2-7H2,1H3;2-6H2,1H3;2*1H4. The highest BCUT2D eigenvalue weighted by Gasteiger charge is 2.09. The van der Waals surface area contributed by atoms with Crippen molar-refractivity contribution < 1.29 is 9.68 Å². The summed E-state index contributed by atoms with van der Waals surface area (Å²) in [6, 6.07) is 0. The summed E-state index contributed by atoms with van der Waals surface area (Å²) in [6.07, 6.45) is 6.60. The van der Waals surface area contributed by atoms with Crippen molar-refractivity contribution in [3.8, 4) is 0 Å². The molecule has 2 aliphatic rings. The van der Waals surface area contributed by atoms with Gasteiger partial charge in [0.2, 0.25) is 0 Å². The molecule has 0 unspecified atom stereocenters. The number of piperidine rings is 1. The molecule has 0 bridgehead atoms. The summed E-state index contributed by atoms with van der Waals surface area (Å²) in [4.78, 5) is 10.6. The molecule has 2 fully saturated rings. The second-order valence-electron chi connectivity index (χ2n) is 4.46. The van der Waals surface area contributed by atoms with Gasteiger partial charge in [0, 0.05) is 26.2 Å². The summed E-state index contributed by atoms with van der Waals surface area (Å²) in [5.41, 5.74) is 0. The molecule has 0 saturated carbocycles. The average molecular weight is 276 g/mol.